The first kappa shape index (κ1) is 11.8. The van der Waals surface area contributed by atoms with Gasteiger partial charge < -0.3 is 5.32 Å². The zero-order chi connectivity index (χ0) is 13.1. The van der Waals surface area contributed by atoms with E-state index in [1.54, 1.807) is 0 Å². The Morgan fingerprint density at radius 1 is 1.26 bits per heavy atom. The number of hydrogen-bond acceptors (Lipinski definition) is 4. The van der Waals surface area contributed by atoms with E-state index >= 15 is 0 Å². The summed E-state index contributed by atoms with van der Waals surface area (Å²) in [6, 6.07) is 8.56. The van der Waals surface area contributed by atoms with Crippen LogP contribution in [0.25, 0.3) is 10.8 Å². The molecule has 2 N–H and O–H groups in total. The van der Waals surface area contributed by atoms with E-state index in [4.69, 9.17) is 0 Å². The van der Waals surface area contributed by atoms with Gasteiger partial charge in [0.25, 0.3) is 0 Å². The van der Waals surface area contributed by atoms with E-state index < -0.39 is 0 Å². The third-order valence-corrected chi connectivity index (χ3v) is 3.16. The van der Waals surface area contributed by atoms with Gasteiger partial charge in [0.1, 0.15) is 12.2 Å². The molecule has 1 atom stereocenters. The van der Waals surface area contributed by atoms with Gasteiger partial charge in [-0.25, -0.2) is 4.98 Å². The molecule has 0 saturated carbocycles. The van der Waals surface area contributed by atoms with E-state index in [1.165, 1.54) is 17.3 Å². The first-order chi connectivity index (χ1) is 9.33. The quantitative estimate of drug-likeness (QED) is 0.748. The topological polar surface area (TPSA) is 66.5 Å². The number of nitrogens with zero attached hydrogens (tertiary/aromatic N) is 3. The zero-order valence-corrected chi connectivity index (χ0v) is 10.7. The van der Waals surface area contributed by atoms with Gasteiger partial charge in [-0.05, 0) is 30.0 Å². The van der Waals surface area contributed by atoms with E-state index in [2.05, 4.69) is 50.6 Å². The predicted molar refractivity (Wildman–Crippen MR) is 73.4 cm³/mol. The molecule has 0 radical (unpaired) electrons. The molecule has 0 fully saturated rings. The monoisotopic (exact) mass is 253 g/mol. The number of H-pyrrole nitrogens is 1. The molecule has 0 aliphatic carbocycles. The summed E-state index contributed by atoms with van der Waals surface area (Å²) in [4.78, 5) is 8.26. The first-order valence-electron chi connectivity index (χ1n) is 6.24. The van der Waals surface area contributed by atoms with Crippen LogP contribution in [0.4, 0.5) is 0 Å². The van der Waals surface area contributed by atoms with Gasteiger partial charge in [-0.2, -0.15) is 5.10 Å². The van der Waals surface area contributed by atoms with Crippen molar-refractivity contribution >= 4 is 10.8 Å². The number of hydrogen-bond donors (Lipinski definition) is 2. The number of fused-ring (bicyclic) bond motifs is 1. The molecule has 1 unspecified atom stereocenters. The summed E-state index contributed by atoms with van der Waals surface area (Å²) in [7, 11) is 0. The summed E-state index contributed by atoms with van der Waals surface area (Å²) in [5.41, 5.74) is 1.24. The third kappa shape index (κ3) is 2.61. The van der Waals surface area contributed by atoms with Gasteiger partial charge in [-0.15, -0.1) is 0 Å². The molecule has 19 heavy (non-hydrogen) atoms. The van der Waals surface area contributed by atoms with Crippen molar-refractivity contribution in [1.82, 2.24) is 25.5 Å². The summed E-state index contributed by atoms with van der Waals surface area (Å²) in [6.45, 7) is 2.85. The molecule has 0 aliphatic heterocycles. The summed E-state index contributed by atoms with van der Waals surface area (Å²) in [5.74, 6) is 0.852. The minimum atomic E-state index is 0.149. The second-order valence-corrected chi connectivity index (χ2v) is 4.53. The Hall–Kier alpha value is -2.27. The van der Waals surface area contributed by atoms with E-state index in [0.717, 1.165) is 17.8 Å². The molecule has 0 spiro atoms. The van der Waals surface area contributed by atoms with Crippen molar-refractivity contribution in [1.29, 1.82) is 0 Å². The number of pyridine rings is 1. The lowest BCUT2D eigenvalue weighted by Gasteiger charge is -2.11. The van der Waals surface area contributed by atoms with Crippen molar-refractivity contribution in [2.75, 3.05) is 0 Å². The van der Waals surface area contributed by atoms with Crippen LogP contribution in [-0.2, 0) is 6.54 Å². The first-order valence-corrected chi connectivity index (χ1v) is 6.24. The molecule has 5 heteroatoms. The number of nitrogens with one attached hydrogen (secondary N) is 2. The Bertz CT molecular complexity index is 662. The fourth-order valence-electron chi connectivity index (χ4n) is 2.03. The lowest BCUT2D eigenvalue weighted by Crippen LogP contribution is -2.19. The average Bonchev–Trinajstić information content (AvgIpc) is 2.99. The minimum Gasteiger partial charge on any atom is -0.303 e. The highest BCUT2D eigenvalue weighted by Gasteiger charge is 2.07. The highest BCUT2D eigenvalue weighted by atomic mass is 15.2. The van der Waals surface area contributed by atoms with E-state index in [0.29, 0.717) is 0 Å². The lowest BCUT2D eigenvalue weighted by atomic mass is 10.1. The van der Waals surface area contributed by atoms with Gasteiger partial charge >= 0.3 is 0 Å². The van der Waals surface area contributed by atoms with E-state index in [9.17, 15) is 0 Å². The van der Waals surface area contributed by atoms with Crippen LogP contribution < -0.4 is 5.32 Å². The van der Waals surface area contributed by atoms with Gasteiger partial charge in [0.05, 0.1) is 6.04 Å². The predicted octanol–water partition coefficient (Wildman–Crippen LogP) is 2.20. The van der Waals surface area contributed by atoms with Gasteiger partial charge in [0.15, 0.2) is 0 Å². The van der Waals surface area contributed by atoms with Crippen molar-refractivity contribution in [3.8, 4) is 0 Å². The zero-order valence-electron chi connectivity index (χ0n) is 10.7. The normalized spacial score (nSPS) is 12.7. The molecular formula is C14H15N5. The summed E-state index contributed by atoms with van der Waals surface area (Å²) < 4.78 is 0. The van der Waals surface area contributed by atoms with Crippen molar-refractivity contribution in [2.24, 2.45) is 0 Å². The Labute approximate surface area is 111 Å². The SMILES string of the molecule is CC(NCc1ccc2cnccc2c1)c1ncn[nH]1. The maximum atomic E-state index is 4.14. The minimum absolute atomic E-state index is 0.149. The van der Waals surface area contributed by atoms with E-state index in [-0.39, 0.29) is 6.04 Å². The summed E-state index contributed by atoms with van der Waals surface area (Å²) in [5, 5.41) is 12.5. The van der Waals surface area contributed by atoms with Crippen LogP contribution in [0.15, 0.2) is 43.0 Å². The molecule has 0 saturated heterocycles. The summed E-state index contributed by atoms with van der Waals surface area (Å²) in [6.07, 6.45) is 5.22. The van der Waals surface area contributed by atoms with Gasteiger partial charge in [0.2, 0.25) is 0 Å². The van der Waals surface area contributed by atoms with Crippen LogP contribution in [0.5, 0.6) is 0 Å². The molecule has 0 aliphatic rings. The second-order valence-electron chi connectivity index (χ2n) is 4.53. The van der Waals surface area contributed by atoms with Crippen LogP contribution in [0, 0.1) is 0 Å². The molecule has 3 aromatic rings. The van der Waals surface area contributed by atoms with Crippen molar-refractivity contribution in [3.05, 3.63) is 54.4 Å². The molecule has 5 nitrogen and oxygen atoms in total. The molecule has 1 aromatic carbocycles. The van der Waals surface area contributed by atoms with Crippen molar-refractivity contribution < 1.29 is 0 Å². The van der Waals surface area contributed by atoms with Gasteiger partial charge in [-0.1, -0.05) is 12.1 Å². The van der Waals surface area contributed by atoms with Crippen LogP contribution >= 0.6 is 0 Å². The maximum Gasteiger partial charge on any atom is 0.141 e. The molecule has 2 aromatic heterocycles. The van der Waals surface area contributed by atoms with Crippen LogP contribution in [-0.4, -0.2) is 20.2 Å². The Kier molecular flexibility index (Phi) is 3.20. The third-order valence-electron chi connectivity index (χ3n) is 3.16. The van der Waals surface area contributed by atoms with Gasteiger partial charge in [-0.3, -0.25) is 10.1 Å². The Morgan fingerprint density at radius 3 is 3.05 bits per heavy atom. The highest BCUT2D eigenvalue weighted by Crippen LogP contribution is 2.15. The smallest absolute Gasteiger partial charge is 0.141 e. The largest absolute Gasteiger partial charge is 0.303 e. The van der Waals surface area contributed by atoms with Crippen molar-refractivity contribution in [3.63, 3.8) is 0 Å². The standard InChI is InChI=1S/C14H15N5/c1-10(14-17-9-18-19-14)16-7-11-2-3-13-8-15-5-4-12(13)6-11/h2-6,8-10,16H,7H2,1H3,(H,17,18,19). The van der Waals surface area contributed by atoms with Crippen LogP contribution in [0.2, 0.25) is 0 Å². The van der Waals surface area contributed by atoms with Crippen molar-refractivity contribution in [2.45, 2.75) is 19.5 Å². The van der Waals surface area contributed by atoms with Gasteiger partial charge in [0, 0.05) is 24.3 Å². The fourth-order valence-corrected chi connectivity index (χ4v) is 2.03. The number of aromatic nitrogens is 4. The molecular weight excluding hydrogens is 238 g/mol. The number of rotatable bonds is 4. The number of aromatic amines is 1. The second kappa shape index (κ2) is 5.16. The molecule has 0 bridgehead atoms. The molecule has 0 amide bonds. The van der Waals surface area contributed by atoms with Crippen LogP contribution in [0.1, 0.15) is 24.4 Å². The average molecular weight is 253 g/mol. The molecule has 3 rings (SSSR count). The molecule has 2 heterocycles. The molecule has 96 valence electrons. The summed E-state index contributed by atoms with van der Waals surface area (Å²) >= 11 is 0. The number of benzene rings is 1. The maximum absolute atomic E-state index is 4.14. The fraction of sp³-hybridized carbons (Fsp3) is 0.214. The Morgan fingerprint density at radius 2 is 2.21 bits per heavy atom. The van der Waals surface area contributed by atoms with E-state index in [1.807, 2.05) is 18.5 Å². The lowest BCUT2D eigenvalue weighted by molar-refractivity contribution is 0.548. The Balaban J connectivity index is 1.71. The highest BCUT2D eigenvalue weighted by molar-refractivity contribution is 5.81. The van der Waals surface area contributed by atoms with Crippen LogP contribution in [0.3, 0.4) is 0 Å².